The second kappa shape index (κ2) is 7.15. The van der Waals surface area contributed by atoms with E-state index in [2.05, 4.69) is 42.8 Å². The number of rotatable bonds is 5. The first-order valence-corrected chi connectivity index (χ1v) is 8.91. The van der Waals surface area contributed by atoms with E-state index in [-0.39, 0.29) is 6.10 Å². The van der Waals surface area contributed by atoms with Gasteiger partial charge in [0.15, 0.2) is 0 Å². The minimum Gasteiger partial charge on any atom is -0.496 e. The van der Waals surface area contributed by atoms with Gasteiger partial charge in [-0.2, -0.15) is 0 Å². The number of methoxy groups -OCH3 is 1. The fraction of sp³-hybridized carbons (Fsp3) is 0.667. The molecule has 0 amide bonds. The summed E-state index contributed by atoms with van der Waals surface area (Å²) in [6.45, 7) is 7.04. The van der Waals surface area contributed by atoms with Gasteiger partial charge in [0.25, 0.3) is 0 Å². The fourth-order valence-electron chi connectivity index (χ4n) is 3.72. The maximum atomic E-state index is 6.45. The zero-order chi connectivity index (χ0) is 15.5. The Morgan fingerprint density at radius 1 is 1.29 bits per heavy atom. The van der Waals surface area contributed by atoms with Gasteiger partial charge in [-0.05, 0) is 36.7 Å². The number of para-hydroxylation sites is 1. The molecule has 1 aliphatic rings. The van der Waals surface area contributed by atoms with Gasteiger partial charge in [0.1, 0.15) is 5.75 Å². The number of alkyl halides is 1. The predicted octanol–water partition coefficient (Wildman–Crippen LogP) is 5.36. The molecular weight excluding hydrogens is 328 g/mol. The van der Waals surface area contributed by atoms with Crippen LogP contribution in [0.2, 0.25) is 0 Å². The summed E-state index contributed by atoms with van der Waals surface area (Å²) >= 11 is 3.61. The topological polar surface area (TPSA) is 18.5 Å². The van der Waals surface area contributed by atoms with Crippen LogP contribution in [0, 0.1) is 11.3 Å². The summed E-state index contributed by atoms with van der Waals surface area (Å²) in [5.41, 5.74) is 1.51. The SMILES string of the molecule is COc1ccccc1C(CBr)OC1CC(C)CC(C)(C)C1. The largest absolute Gasteiger partial charge is 0.496 e. The van der Waals surface area contributed by atoms with Gasteiger partial charge >= 0.3 is 0 Å². The normalized spacial score (nSPS) is 26.3. The van der Waals surface area contributed by atoms with Gasteiger partial charge in [-0.15, -0.1) is 0 Å². The molecule has 0 aromatic heterocycles. The number of hydrogen-bond acceptors (Lipinski definition) is 2. The Kier molecular flexibility index (Phi) is 5.73. The third kappa shape index (κ3) is 4.46. The molecule has 0 aliphatic heterocycles. The van der Waals surface area contributed by atoms with Crippen LogP contribution in [-0.4, -0.2) is 18.5 Å². The molecule has 3 unspecified atom stereocenters. The summed E-state index contributed by atoms with van der Waals surface area (Å²) in [6.07, 6.45) is 3.96. The van der Waals surface area contributed by atoms with Crippen molar-refractivity contribution >= 4 is 15.9 Å². The molecule has 0 saturated heterocycles. The number of benzene rings is 1. The van der Waals surface area contributed by atoms with E-state index in [0.717, 1.165) is 35.4 Å². The fourth-order valence-corrected chi connectivity index (χ4v) is 4.22. The molecule has 0 spiro atoms. The molecule has 0 bridgehead atoms. The lowest BCUT2D eigenvalue weighted by molar-refractivity contribution is -0.0585. The highest BCUT2D eigenvalue weighted by Gasteiger charge is 2.34. The Morgan fingerprint density at radius 3 is 2.62 bits per heavy atom. The molecule has 21 heavy (non-hydrogen) atoms. The van der Waals surface area contributed by atoms with Crippen LogP contribution in [0.15, 0.2) is 24.3 Å². The van der Waals surface area contributed by atoms with Crippen molar-refractivity contribution in [3.8, 4) is 5.75 Å². The molecule has 1 saturated carbocycles. The second-order valence-electron chi connectivity index (χ2n) is 7.06. The summed E-state index contributed by atoms with van der Waals surface area (Å²) in [6, 6.07) is 8.15. The molecule has 118 valence electrons. The monoisotopic (exact) mass is 354 g/mol. The van der Waals surface area contributed by atoms with Gasteiger partial charge in [-0.25, -0.2) is 0 Å². The van der Waals surface area contributed by atoms with Crippen molar-refractivity contribution in [1.82, 2.24) is 0 Å². The van der Waals surface area contributed by atoms with Crippen molar-refractivity contribution in [2.45, 2.75) is 52.2 Å². The molecule has 0 heterocycles. The highest BCUT2D eigenvalue weighted by molar-refractivity contribution is 9.09. The van der Waals surface area contributed by atoms with E-state index in [1.165, 1.54) is 6.42 Å². The summed E-state index contributed by atoms with van der Waals surface area (Å²) in [7, 11) is 1.72. The second-order valence-corrected chi connectivity index (χ2v) is 7.70. The Labute approximate surface area is 137 Å². The average Bonchev–Trinajstić information content (AvgIpc) is 2.42. The van der Waals surface area contributed by atoms with Crippen LogP contribution in [0.3, 0.4) is 0 Å². The first kappa shape index (κ1) is 16.8. The zero-order valence-corrected chi connectivity index (χ0v) is 15.2. The third-order valence-electron chi connectivity index (χ3n) is 4.33. The molecule has 1 fully saturated rings. The quantitative estimate of drug-likeness (QED) is 0.662. The molecule has 1 aromatic rings. The van der Waals surface area contributed by atoms with Crippen molar-refractivity contribution < 1.29 is 9.47 Å². The van der Waals surface area contributed by atoms with Gasteiger partial charge in [0.2, 0.25) is 0 Å². The van der Waals surface area contributed by atoms with Crippen LogP contribution in [-0.2, 0) is 4.74 Å². The third-order valence-corrected chi connectivity index (χ3v) is 4.92. The van der Waals surface area contributed by atoms with Crippen molar-refractivity contribution in [2.75, 3.05) is 12.4 Å². The van der Waals surface area contributed by atoms with Gasteiger partial charge in [-0.3, -0.25) is 0 Å². The average molecular weight is 355 g/mol. The van der Waals surface area contributed by atoms with Crippen LogP contribution >= 0.6 is 15.9 Å². The molecule has 3 heteroatoms. The van der Waals surface area contributed by atoms with E-state index in [0.29, 0.717) is 11.5 Å². The lowest BCUT2D eigenvalue weighted by Gasteiger charge is -2.40. The Hall–Kier alpha value is -0.540. The summed E-state index contributed by atoms with van der Waals surface area (Å²) in [5, 5.41) is 0.790. The highest BCUT2D eigenvalue weighted by Crippen LogP contribution is 2.42. The standard InChI is InChI=1S/C18H27BrO2/c1-13-9-14(11-18(2,3)10-13)21-17(12-19)15-7-5-6-8-16(15)20-4/h5-8,13-14,17H,9-12H2,1-4H3. The number of halogens is 1. The molecule has 1 aromatic carbocycles. The molecule has 3 atom stereocenters. The van der Waals surface area contributed by atoms with Gasteiger partial charge in [0.05, 0.1) is 19.3 Å². The Balaban J connectivity index is 2.12. The molecule has 1 aliphatic carbocycles. The molecule has 0 N–H and O–H groups in total. The maximum Gasteiger partial charge on any atom is 0.124 e. The van der Waals surface area contributed by atoms with E-state index < -0.39 is 0 Å². The van der Waals surface area contributed by atoms with Gasteiger partial charge in [0, 0.05) is 10.9 Å². The van der Waals surface area contributed by atoms with E-state index in [1.54, 1.807) is 7.11 Å². The van der Waals surface area contributed by atoms with Crippen molar-refractivity contribution in [3.05, 3.63) is 29.8 Å². The Morgan fingerprint density at radius 2 is 2.00 bits per heavy atom. The lowest BCUT2D eigenvalue weighted by atomic mass is 9.71. The Bertz CT molecular complexity index is 458. The summed E-state index contributed by atoms with van der Waals surface area (Å²) < 4.78 is 11.9. The van der Waals surface area contributed by atoms with Crippen molar-refractivity contribution in [3.63, 3.8) is 0 Å². The molecular formula is C18H27BrO2. The van der Waals surface area contributed by atoms with Gasteiger partial charge in [-0.1, -0.05) is 54.9 Å². The van der Waals surface area contributed by atoms with Crippen molar-refractivity contribution in [1.29, 1.82) is 0 Å². The zero-order valence-electron chi connectivity index (χ0n) is 13.6. The minimum absolute atomic E-state index is 0.0484. The molecule has 2 nitrogen and oxygen atoms in total. The van der Waals surface area contributed by atoms with Crippen LogP contribution in [0.1, 0.15) is 51.7 Å². The molecule has 0 radical (unpaired) electrons. The van der Waals surface area contributed by atoms with E-state index in [4.69, 9.17) is 9.47 Å². The maximum absolute atomic E-state index is 6.45. The molecule has 2 rings (SSSR count). The van der Waals surface area contributed by atoms with E-state index in [1.807, 2.05) is 18.2 Å². The predicted molar refractivity (Wildman–Crippen MR) is 91.2 cm³/mol. The van der Waals surface area contributed by atoms with Crippen LogP contribution in [0.25, 0.3) is 0 Å². The lowest BCUT2D eigenvalue weighted by Crippen LogP contribution is -2.33. The minimum atomic E-state index is 0.0484. The van der Waals surface area contributed by atoms with Gasteiger partial charge < -0.3 is 9.47 Å². The first-order valence-electron chi connectivity index (χ1n) is 7.79. The van der Waals surface area contributed by atoms with Crippen molar-refractivity contribution in [2.24, 2.45) is 11.3 Å². The van der Waals surface area contributed by atoms with E-state index in [9.17, 15) is 0 Å². The van der Waals surface area contributed by atoms with Crippen LogP contribution < -0.4 is 4.74 Å². The number of ether oxygens (including phenoxy) is 2. The summed E-state index contributed by atoms with van der Waals surface area (Å²) in [5.74, 6) is 1.64. The number of hydrogen-bond donors (Lipinski definition) is 0. The van der Waals surface area contributed by atoms with Crippen LogP contribution in [0.5, 0.6) is 5.75 Å². The summed E-state index contributed by atoms with van der Waals surface area (Å²) in [4.78, 5) is 0. The van der Waals surface area contributed by atoms with E-state index >= 15 is 0 Å². The highest BCUT2D eigenvalue weighted by atomic mass is 79.9. The first-order chi connectivity index (χ1) is 9.95. The smallest absolute Gasteiger partial charge is 0.124 e. The van der Waals surface area contributed by atoms with Crippen LogP contribution in [0.4, 0.5) is 0 Å².